The van der Waals surface area contributed by atoms with Gasteiger partial charge in [-0.05, 0) is 43.5 Å². The van der Waals surface area contributed by atoms with E-state index in [1.165, 1.54) is 30.6 Å². The first-order chi connectivity index (χ1) is 12.3. The Kier molecular flexibility index (Phi) is 4.43. The highest BCUT2D eigenvalue weighted by molar-refractivity contribution is 7.14. The summed E-state index contributed by atoms with van der Waals surface area (Å²) in [6.45, 7) is 1.99. The van der Waals surface area contributed by atoms with E-state index >= 15 is 0 Å². The lowest BCUT2D eigenvalue weighted by Crippen LogP contribution is -2.30. The molecule has 0 unspecified atom stereocenters. The summed E-state index contributed by atoms with van der Waals surface area (Å²) in [5, 5.41) is 13.3. The molecule has 4 heterocycles. The SMILES string of the molecule is O=C(Nc1nc(-c2ccco2)cs1)c1ccc(N2CCCCC2)nn1. The van der Waals surface area contributed by atoms with E-state index in [-0.39, 0.29) is 11.6 Å². The molecule has 3 aromatic rings. The summed E-state index contributed by atoms with van der Waals surface area (Å²) in [4.78, 5) is 18.9. The third-order valence-electron chi connectivity index (χ3n) is 4.06. The number of piperidine rings is 1. The van der Waals surface area contributed by atoms with Crippen molar-refractivity contribution in [3.63, 3.8) is 0 Å². The summed E-state index contributed by atoms with van der Waals surface area (Å²) < 4.78 is 5.30. The number of carbonyl (C=O) groups excluding carboxylic acids is 1. The van der Waals surface area contributed by atoms with Gasteiger partial charge in [0.25, 0.3) is 5.91 Å². The number of nitrogens with zero attached hydrogens (tertiary/aromatic N) is 4. The van der Waals surface area contributed by atoms with E-state index < -0.39 is 0 Å². The van der Waals surface area contributed by atoms with Gasteiger partial charge in [0.15, 0.2) is 22.4 Å². The van der Waals surface area contributed by atoms with Crippen LogP contribution >= 0.6 is 11.3 Å². The maximum absolute atomic E-state index is 12.3. The molecule has 0 bridgehead atoms. The van der Waals surface area contributed by atoms with E-state index in [0.717, 1.165) is 18.9 Å². The number of aromatic nitrogens is 3. The predicted molar refractivity (Wildman–Crippen MR) is 95.9 cm³/mol. The smallest absolute Gasteiger partial charge is 0.277 e. The maximum atomic E-state index is 12.3. The summed E-state index contributed by atoms with van der Waals surface area (Å²) in [6, 6.07) is 7.18. The van der Waals surface area contributed by atoms with Gasteiger partial charge in [-0.25, -0.2) is 4.98 Å². The van der Waals surface area contributed by atoms with Crippen LogP contribution in [-0.2, 0) is 0 Å². The van der Waals surface area contributed by atoms with E-state index in [0.29, 0.717) is 16.6 Å². The monoisotopic (exact) mass is 355 g/mol. The summed E-state index contributed by atoms with van der Waals surface area (Å²) in [5.41, 5.74) is 0.965. The second kappa shape index (κ2) is 7.02. The molecule has 4 rings (SSSR count). The maximum Gasteiger partial charge on any atom is 0.277 e. The molecule has 25 heavy (non-hydrogen) atoms. The predicted octanol–water partition coefficient (Wildman–Crippen LogP) is 3.44. The number of furan rings is 1. The average molecular weight is 355 g/mol. The summed E-state index contributed by atoms with van der Waals surface area (Å²) >= 11 is 1.34. The molecule has 3 aromatic heterocycles. The van der Waals surface area contributed by atoms with Crippen LogP contribution in [0.4, 0.5) is 10.9 Å². The van der Waals surface area contributed by atoms with E-state index in [9.17, 15) is 4.79 Å². The second-order valence-corrected chi connectivity index (χ2v) is 6.65. The standard InChI is InChI=1S/C17H17N5O2S/c23-16(19-17-18-13(11-25-17)14-5-4-10-24-14)12-6-7-15(21-20-12)22-8-2-1-3-9-22/h4-7,10-11H,1-3,8-9H2,(H,18,19,23). The van der Waals surface area contributed by atoms with Gasteiger partial charge in [-0.2, -0.15) is 0 Å². The number of hydrogen-bond donors (Lipinski definition) is 1. The van der Waals surface area contributed by atoms with Crippen molar-refractivity contribution < 1.29 is 9.21 Å². The van der Waals surface area contributed by atoms with E-state index in [1.807, 2.05) is 17.5 Å². The van der Waals surface area contributed by atoms with Gasteiger partial charge in [0, 0.05) is 18.5 Å². The Morgan fingerprint density at radius 2 is 2.04 bits per heavy atom. The van der Waals surface area contributed by atoms with Crippen LogP contribution in [0, 0.1) is 0 Å². The fraction of sp³-hybridized carbons (Fsp3) is 0.294. The van der Waals surface area contributed by atoms with Gasteiger partial charge in [-0.1, -0.05) is 0 Å². The number of rotatable bonds is 4. The van der Waals surface area contributed by atoms with Crippen LogP contribution < -0.4 is 10.2 Å². The van der Waals surface area contributed by atoms with Gasteiger partial charge in [0.2, 0.25) is 0 Å². The molecule has 0 aromatic carbocycles. The van der Waals surface area contributed by atoms with Crippen LogP contribution in [0.15, 0.2) is 40.3 Å². The normalized spacial score (nSPS) is 14.5. The van der Waals surface area contributed by atoms with E-state index in [4.69, 9.17) is 4.42 Å². The number of nitrogens with one attached hydrogen (secondary N) is 1. The largest absolute Gasteiger partial charge is 0.463 e. The molecule has 0 spiro atoms. The minimum Gasteiger partial charge on any atom is -0.463 e. The highest BCUT2D eigenvalue weighted by Gasteiger charge is 2.15. The minimum absolute atomic E-state index is 0.274. The van der Waals surface area contributed by atoms with Crippen molar-refractivity contribution in [2.45, 2.75) is 19.3 Å². The Hall–Kier alpha value is -2.74. The summed E-state index contributed by atoms with van der Waals surface area (Å²) in [6.07, 6.45) is 5.20. The van der Waals surface area contributed by atoms with Crippen LogP contribution in [0.3, 0.4) is 0 Å². The molecule has 1 fully saturated rings. The van der Waals surface area contributed by atoms with Crippen molar-refractivity contribution in [3.05, 3.63) is 41.6 Å². The molecule has 0 radical (unpaired) electrons. The molecular weight excluding hydrogens is 338 g/mol. The minimum atomic E-state index is -0.321. The molecule has 0 aliphatic carbocycles. The van der Waals surface area contributed by atoms with Crippen molar-refractivity contribution in [2.75, 3.05) is 23.3 Å². The fourth-order valence-corrected chi connectivity index (χ4v) is 3.46. The third kappa shape index (κ3) is 3.53. The zero-order chi connectivity index (χ0) is 17.1. The molecule has 8 heteroatoms. The van der Waals surface area contributed by atoms with Gasteiger partial charge in [-0.3, -0.25) is 10.1 Å². The van der Waals surface area contributed by atoms with Crippen LogP contribution in [-0.4, -0.2) is 34.2 Å². The van der Waals surface area contributed by atoms with Crippen molar-refractivity contribution in [1.82, 2.24) is 15.2 Å². The van der Waals surface area contributed by atoms with Crippen molar-refractivity contribution in [2.24, 2.45) is 0 Å². The van der Waals surface area contributed by atoms with Crippen molar-refractivity contribution >= 4 is 28.2 Å². The number of carbonyl (C=O) groups is 1. The van der Waals surface area contributed by atoms with E-state index in [1.54, 1.807) is 18.4 Å². The Morgan fingerprint density at radius 3 is 2.76 bits per heavy atom. The molecule has 7 nitrogen and oxygen atoms in total. The highest BCUT2D eigenvalue weighted by atomic mass is 32.1. The number of amides is 1. The quantitative estimate of drug-likeness (QED) is 0.772. The lowest BCUT2D eigenvalue weighted by atomic mass is 10.1. The summed E-state index contributed by atoms with van der Waals surface area (Å²) in [5.74, 6) is 1.17. The Morgan fingerprint density at radius 1 is 1.16 bits per heavy atom. The first kappa shape index (κ1) is 15.8. The lowest BCUT2D eigenvalue weighted by Gasteiger charge is -2.27. The van der Waals surface area contributed by atoms with Crippen molar-refractivity contribution in [1.29, 1.82) is 0 Å². The zero-order valence-corrected chi connectivity index (χ0v) is 14.3. The molecule has 1 aliphatic heterocycles. The molecule has 1 aliphatic rings. The Bertz CT molecular complexity index is 838. The fourth-order valence-electron chi connectivity index (χ4n) is 2.77. The number of hydrogen-bond acceptors (Lipinski definition) is 7. The van der Waals surface area contributed by atoms with Crippen LogP contribution in [0.5, 0.6) is 0 Å². The molecule has 0 saturated carbocycles. The first-order valence-electron chi connectivity index (χ1n) is 8.19. The molecular formula is C17H17N5O2S. The van der Waals surface area contributed by atoms with Gasteiger partial charge in [0.05, 0.1) is 6.26 Å². The van der Waals surface area contributed by atoms with E-state index in [2.05, 4.69) is 25.4 Å². The highest BCUT2D eigenvalue weighted by Crippen LogP contribution is 2.25. The van der Waals surface area contributed by atoms with Gasteiger partial charge in [-0.15, -0.1) is 21.5 Å². The lowest BCUT2D eigenvalue weighted by molar-refractivity contribution is 0.102. The number of anilines is 2. The van der Waals surface area contributed by atoms with Crippen LogP contribution in [0.25, 0.3) is 11.5 Å². The van der Waals surface area contributed by atoms with Gasteiger partial charge >= 0.3 is 0 Å². The van der Waals surface area contributed by atoms with Crippen molar-refractivity contribution in [3.8, 4) is 11.5 Å². The average Bonchev–Trinajstić information content (AvgIpc) is 3.34. The third-order valence-corrected chi connectivity index (χ3v) is 4.82. The van der Waals surface area contributed by atoms with Gasteiger partial charge < -0.3 is 9.32 Å². The molecule has 1 amide bonds. The second-order valence-electron chi connectivity index (χ2n) is 5.79. The number of thiazole rings is 1. The van der Waals surface area contributed by atoms with Crippen LogP contribution in [0.1, 0.15) is 29.8 Å². The molecule has 1 saturated heterocycles. The molecule has 0 atom stereocenters. The topological polar surface area (TPSA) is 84.2 Å². The Balaban J connectivity index is 1.42. The first-order valence-corrected chi connectivity index (χ1v) is 9.07. The van der Waals surface area contributed by atoms with Crippen LogP contribution in [0.2, 0.25) is 0 Å². The summed E-state index contributed by atoms with van der Waals surface area (Å²) in [7, 11) is 0. The Labute approximate surface area is 148 Å². The zero-order valence-electron chi connectivity index (χ0n) is 13.5. The van der Waals surface area contributed by atoms with Gasteiger partial charge in [0.1, 0.15) is 5.69 Å². The molecule has 128 valence electrons. The molecule has 1 N–H and O–H groups in total.